The molecule has 20 heavy (non-hydrogen) atoms. The number of nitrogen functional groups attached to an aromatic ring is 1. The van der Waals surface area contributed by atoms with Gasteiger partial charge in [-0.15, -0.1) is 0 Å². The maximum atomic E-state index is 12.8. The van der Waals surface area contributed by atoms with Gasteiger partial charge in [0.15, 0.2) is 0 Å². The van der Waals surface area contributed by atoms with Crippen molar-refractivity contribution in [1.29, 1.82) is 0 Å². The summed E-state index contributed by atoms with van der Waals surface area (Å²) in [5.41, 5.74) is 6.98. The summed E-state index contributed by atoms with van der Waals surface area (Å²) in [5, 5.41) is 0. The van der Waals surface area contributed by atoms with Gasteiger partial charge < -0.3 is 5.73 Å². The van der Waals surface area contributed by atoms with Gasteiger partial charge in [0.2, 0.25) is 10.0 Å². The fourth-order valence-electron chi connectivity index (χ4n) is 2.26. The lowest BCUT2D eigenvalue weighted by atomic mass is 10.2. The zero-order chi connectivity index (χ0) is 15.3. The summed E-state index contributed by atoms with van der Waals surface area (Å²) in [6.45, 7) is 8.29. The van der Waals surface area contributed by atoms with Crippen LogP contribution >= 0.6 is 0 Å². The van der Waals surface area contributed by atoms with Crippen LogP contribution in [-0.2, 0) is 10.0 Å². The first-order valence-corrected chi connectivity index (χ1v) is 8.62. The van der Waals surface area contributed by atoms with E-state index in [1.807, 2.05) is 13.8 Å². The van der Waals surface area contributed by atoms with Gasteiger partial charge in [0.1, 0.15) is 0 Å². The highest BCUT2D eigenvalue weighted by atomic mass is 32.2. The van der Waals surface area contributed by atoms with Gasteiger partial charge in [0.05, 0.1) is 4.90 Å². The maximum absolute atomic E-state index is 12.8. The van der Waals surface area contributed by atoms with Crippen molar-refractivity contribution < 1.29 is 8.42 Å². The summed E-state index contributed by atoms with van der Waals surface area (Å²) in [4.78, 5) is 0.358. The highest BCUT2D eigenvalue weighted by Gasteiger charge is 2.27. The molecule has 0 bridgehead atoms. The number of nitrogens with two attached hydrogens (primary N) is 1. The average molecular weight is 298 g/mol. The van der Waals surface area contributed by atoms with E-state index in [9.17, 15) is 8.42 Å². The predicted molar refractivity (Wildman–Crippen MR) is 84.1 cm³/mol. The second-order valence-electron chi connectivity index (χ2n) is 5.44. The molecule has 0 saturated heterocycles. The number of benzene rings is 1. The number of unbranched alkanes of at least 4 members (excludes halogenated alkanes) is 2. The Labute approximate surface area is 123 Å². The Balaban J connectivity index is 3.09. The van der Waals surface area contributed by atoms with Crippen LogP contribution in [0.3, 0.4) is 0 Å². The van der Waals surface area contributed by atoms with Crippen LogP contribution < -0.4 is 5.73 Å². The molecule has 0 aliphatic rings. The molecule has 0 aliphatic heterocycles. The first kappa shape index (κ1) is 17.0. The molecular weight excluding hydrogens is 272 g/mol. The first-order chi connectivity index (χ1) is 9.30. The monoisotopic (exact) mass is 298 g/mol. The van der Waals surface area contributed by atoms with E-state index in [-0.39, 0.29) is 6.04 Å². The zero-order valence-corrected chi connectivity index (χ0v) is 13.7. The number of anilines is 1. The number of rotatable bonds is 7. The van der Waals surface area contributed by atoms with Crippen molar-refractivity contribution in [3.63, 3.8) is 0 Å². The van der Waals surface area contributed by atoms with Crippen molar-refractivity contribution in [3.8, 4) is 0 Å². The van der Waals surface area contributed by atoms with Crippen molar-refractivity contribution in [1.82, 2.24) is 4.31 Å². The summed E-state index contributed by atoms with van der Waals surface area (Å²) in [6, 6.07) is 4.91. The molecule has 2 N–H and O–H groups in total. The van der Waals surface area contributed by atoms with Gasteiger partial charge in [-0.1, -0.05) is 19.8 Å². The minimum absolute atomic E-state index is 0.0474. The van der Waals surface area contributed by atoms with E-state index < -0.39 is 10.0 Å². The molecule has 0 aromatic heterocycles. The highest BCUT2D eigenvalue weighted by Crippen LogP contribution is 2.24. The van der Waals surface area contributed by atoms with Gasteiger partial charge in [-0.3, -0.25) is 0 Å². The van der Waals surface area contributed by atoms with Crippen molar-refractivity contribution in [2.75, 3.05) is 12.3 Å². The number of hydrogen-bond acceptors (Lipinski definition) is 3. The van der Waals surface area contributed by atoms with Crippen LogP contribution in [0, 0.1) is 6.92 Å². The van der Waals surface area contributed by atoms with E-state index in [2.05, 4.69) is 6.92 Å². The fraction of sp³-hybridized carbons (Fsp3) is 0.600. The van der Waals surface area contributed by atoms with Crippen molar-refractivity contribution in [3.05, 3.63) is 23.8 Å². The fourth-order valence-corrected chi connectivity index (χ4v) is 4.14. The van der Waals surface area contributed by atoms with Crippen LogP contribution in [0.1, 0.15) is 45.6 Å². The van der Waals surface area contributed by atoms with E-state index in [0.717, 1.165) is 19.3 Å². The van der Waals surface area contributed by atoms with Crippen LogP contribution in [0.4, 0.5) is 5.69 Å². The topological polar surface area (TPSA) is 63.4 Å². The predicted octanol–water partition coefficient (Wildman–Crippen LogP) is 3.17. The molecule has 0 amide bonds. The summed E-state index contributed by atoms with van der Waals surface area (Å²) < 4.78 is 27.2. The second-order valence-corrected chi connectivity index (χ2v) is 7.30. The zero-order valence-electron chi connectivity index (χ0n) is 12.9. The highest BCUT2D eigenvalue weighted by molar-refractivity contribution is 7.89. The molecule has 0 spiro atoms. The van der Waals surface area contributed by atoms with Crippen molar-refractivity contribution in [2.24, 2.45) is 0 Å². The standard InChI is InChI=1S/C15H26N2O2S/c1-5-6-7-10-17(12(2)3)20(18,19)15-9-8-14(16)11-13(15)4/h8-9,11-12H,5-7,10,16H2,1-4H3. The number of aryl methyl sites for hydroxylation is 1. The molecule has 0 unspecified atom stereocenters. The van der Waals surface area contributed by atoms with Gasteiger partial charge in [-0.25, -0.2) is 8.42 Å². The third kappa shape index (κ3) is 3.96. The molecule has 0 heterocycles. The van der Waals surface area contributed by atoms with Gasteiger partial charge in [-0.2, -0.15) is 4.31 Å². The second kappa shape index (κ2) is 7.09. The van der Waals surface area contributed by atoms with Crippen LogP contribution in [0.2, 0.25) is 0 Å². The Morgan fingerprint density at radius 1 is 1.25 bits per heavy atom. The molecule has 0 saturated carbocycles. The molecule has 1 aromatic rings. The van der Waals surface area contributed by atoms with Gasteiger partial charge in [-0.05, 0) is 51.0 Å². The molecule has 4 nitrogen and oxygen atoms in total. The summed E-state index contributed by atoms with van der Waals surface area (Å²) in [7, 11) is -3.45. The van der Waals surface area contributed by atoms with E-state index in [0.29, 0.717) is 22.7 Å². The Morgan fingerprint density at radius 2 is 1.90 bits per heavy atom. The smallest absolute Gasteiger partial charge is 0.243 e. The van der Waals surface area contributed by atoms with Crippen LogP contribution in [0.5, 0.6) is 0 Å². The lowest BCUT2D eigenvalue weighted by Gasteiger charge is -2.26. The quantitative estimate of drug-likeness (QED) is 0.621. The Hall–Kier alpha value is -1.07. The summed E-state index contributed by atoms with van der Waals surface area (Å²) in [5.74, 6) is 0. The molecule has 0 radical (unpaired) electrons. The largest absolute Gasteiger partial charge is 0.399 e. The molecule has 1 aromatic carbocycles. The Morgan fingerprint density at radius 3 is 2.40 bits per heavy atom. The number of sulfonamides is 1. The normalized spacial score (nSPS) is 12.3. The minimum atomic E-state index is -3.45. The third-order valence-electron chi connectivity index (χ3n) is 3.34. The van der Waals surface area contributed by atoms with Crippen LogP contribution in [-0.4, -0.2) is 25.3 Å². The van der Waals surface area contributed by atoms with Crippen molar-refractivity contribution in [2.45, 2.75) is 57.9 Å². The Kier molecular flexibility index (Phi) is 6.02. The Bertz CT molecular complexity index is 539. The lowest BCUT2D eigenvalue weighted by Crippen LogP contribution is -2.38. The minimum Gasteiger partial charge on any atom is -0.399 e. The van der Waals surface area contributed by atoms with Crippen molar-refractivity contribution >= 4 is 15.7 Å². The van der Waals surface area contributed by atoms with Crippen LogP contribution in [0.15, 0.2) is 23.1 Å². The molecule has 0 aliphatic carbocycles. The SMILES string of the molecule is CCCCCN(C(C)C)S(=O)(=O)c1ccc(N)cc1C. The molecule has 114 valence electrons. The number of nitrogens with zero attached hydrogens (tertiary/aromatic N) is 1. The molecule has 5 heteroatoms. The lowest BCUT2D eigenvalue weighted by molar-refractivity contribution is 0.345. The molecule has 1 rings (SSSR count). The number of hydrogen-bond donors (Lipinski definition) is 1. The van der Waals surface area contributed by atoms with Gasteiger partial charge >= 0.3 is 0 Å². The average Bonchev–Trinajstić information content (AvgIpc) is 2.33. The molecule has 0 atom stereocenters. The molecule has 0 fully saturated rings. The van der Waals surface area contributed by atoms with Gasteiger partial charge in [0.25, 0.3) is 0 Å². The van der Waals surface area contributed by atoms with E-state index >= 15 is 0 Å². The van der Waals surface area contributed by atoms with E-state index in [1.165, 1.54) is 0 Å². The van der Waals surface area contributed by atoms with Gasteiger partial charge in [0, 0.05) is 18.3 Å². The summed E-state index contributed by atoms with van der Waals surface area (Å²) in [6.07, 6.45) is 3.01. The molecular formula is C15H26N2O2S. The van der Waals surface area contributed by atoms with E-state index in [4.69, 9.17) is 5.73 Å². The summed E-state index contributed by atoms with van der Waals surface area (Å²) >= 11 is 0. The first-order valence-electron chi connectivity index (χ1n) is 7.18. The maximum Gasteiger partial charge on any atom is 0.243 e. The van der Waals surface area contributed by atoms with Crippen LogP contribution in [0.25, 0.3) is 0 Å². The third-order valence-corrected chi connectivity index (χ3v) is 5.58. The van der Waals surface area contributed by atoms with E-state index in [1.54, 1.807) is 29.4 Å².